The average molecular weight is 255 g/mol. The molecule has 2 aromatic rings. The second-order valence-electron chi connectivity index (χ2n) is 4.01. The largest absolute Gasteiger partial charge is 0.347 e. The number of aromatic nitrogens is 2. The molecule has 6 heteroatoms. The van der Waals surface area contributed by atoms with Crippen LogP contribution in [0.1, 0.15) is 11.4 Å². The number of amides is 2. The van der Waals surface area contributed by atoms with E-state index >= 15 is 0 Å². The van der Waals surface area contributed by atoms with E-state index in [-0.39, 0.29) is 6.03 Å². The summed E-state index contributed by atoms with van der Waals surface area (Å²) >= 11 is 0. The van der Waals surface area contributed by atoms with Crippen molar-refractivity contribution in [3.05, 3.63) is 48.0 Å². The molecule has 19 heavy (non-hydrogen) atoms. The standard InChI is InChI=1S/C13H13N5O/c1-18(9-12-15-5-6-16-12)13(19)17-11-4-2-3-10(7-11)8-14/h2-7H,9H2,1H3,(H,15,16)(H,17,19). The summed E-state index contributed by atoms with van der Waals surface area (Å²) in [5.41, 5.74) is 1.10. The summed E-state index contributed by atoms with van der Waals surface area (Å²) in [6.45, 7) is 0.386. The van der Waals surface area contributed by atoms with E-state index in [1.165, 1.54) is 4.90 Å². The Labute approximate surface area is 110 Å². The first-order valence-electron chi connectivity index (χ1n) is 5.69. The maximum Gasteiger partial charge on any atom is 0.321 e. The molecular formula is C13H13N5O. The molecule has 0 aliphatic rings. The van der Waals surface area contributed by atoms with Crippen molar-refractivity contribution in [1.29, 1.82) is 5.26 Å². The predicted octanol–water partition coefficient (Wildman–Crippen LogP) is 1.95. The van der Waals surface area contributed by atoms with E-state index in [9.17, 15) is 4.79 Å². The molecule has 6 nitrogen and oxygen atoms in total. The highest BCUT2D eigenvalue weighted by molar-refractivity contribution is 5.89. The number of carbonyl (C=O) groups is 1. The van der Waals surface area contributed by atoms with Crippen molar-refractivity contribution in [3.63, 3.8) is 0 Å². The van der Waals surface area contributed by atoms with Gasteiger partial charge in [0.2, 0.25) is 0 Å². The van der Waals surface area contributed by atoms with Crippen LogP contribution in [0, 0.1) is 11.3 Å². The van der Waals surface area contributed by atoms with Crippen LogP contribution in [0.15, 0.2) is 36.7 Å². The van der Waals surface area contributed by atoms with Gasteiger partial charge in [-0.05, 0) is 18.2 Å². The first kappa shape index (κ1) is 12.6. The van der Waals surface area contributed by atoms with Crippen LogP contribution >= 0.6 is 0 Å². The third kappa shape index (κ3) is 3.33. The van der Waals surface area contributed by atoms with E-state index < -0.39 is 0 Å². The Morgan fingerprint density at radius 3 is 3.11 bits per heavy atom. The number of aromatic amines is 1. The van der Waals surface area contributed by atoms with Gasteiger partial charge >= 0.3 is 6.03 Å². The van der Waals surface area contributed by atoms with Crippen molar-refractivity contribution in [2.75, 3.05) is 12.4 Å². The molecular weight excluding hydrogens is 242 g/mol. The molecule has 2 amide bonds. The first-order chi connectivity index (χ1) is 9.19. The van der Waals surface area contributed by atoms with Gasteiger partial charge in [-0.25, -0.2) is 9.78 Å². The third-order valence-corrected chi connectivity index (χ3v) is 2.53. The van der Waals surface area contributed by atoms with E-state index in [2.05, 4.69) is 15.3 Å². The van der Waals surface area contributed by atoms with Gasteiger partial charge in [-0.3, -0.25) is 0 Å². The fraction of sp³-hybridized carbons (Fsp3) is 0.154. The number of urea groups is 1. The summed E-state index contributed by atoms with van der Waals surface area (Å²) in [6.07, 6.45) is 3.34. The van der Waals surface area contributed by atoms with E-state index in [1.54, 1.807) is 43.7 Å². The number of hydrogen-bond acceptors (Lipinski definition) is 3. The van der Waals surface area contributed by atoms with Gasteiger partial charge in [-0.2, -0.15) is 5.26 Å². The fourth-order valence-corrected chi connectivity index (χ4v) is 1.57. The zero-order chi connectivity index (χ0) is 13.7. The molecule has 0 bridgehead atoms. The number of nitriles is 1. The summed E-state index contributed by atoms with van der Waals surface area (Å²) in [7, 11) is 1.67. The molecule has 0 atom stereocenters. The molecule has 96 valence electrons. The second-order valence-corrected chi connectivity index (χ2v) is 4.01. The Bertz CT molecular complexity index is 600. The molecule has 2 N–H and O–H groups in total. The van der Waals surface area contributed by atoms with Gasteiger partial charge in [0, 0.05) is 25.1 Å². The van der Waals surface area contributed by atoms with Gasteiger partial charge in [0.25, 0.3) is 0 Å². The third-order valence-electron chi connectivity index (χ3n) is 2.53. The smallest absolute Gasteiger partial charge is 0.321 e. The van der Waals surface area contributed by atoms with E-state index in [0.717, 1.165) is 0 Å². The topological polar surface area (TPSA) is 84.8 Å². The Balaban J connectivity index is 1.98. The lowest BCUT2D eigenvalue weighted by Gasteiger charge is -2.16. The summed E-state index contributed by atoms with van der Waals surface area (Å²) in [5, 5.41) is 11.5. The maximum atomic E-state index is 11.9. The lowest BCUT2D eigenvalue weighted by molar-refractivity contribution is 0.219. The van der Waals surface area contributed by atoms with Gasteiger partial charge < -0.3 is 15.2 Å². The molecule has 0 spiro atoms. The lowest BCUT2D eigenvalue weighted by Crippen LogP contribution is -2.31. The second kappa shape index (κ2) is 5.69. The zero-order valence-corrected chi connectivity index (χ0v) is 10.4. The lowest BCUT2D eigenvalue weighted by atomic mass is 10.2. The van der Waals surface area contributed by atoms with Crippen LogP contribution in [0.4, 0.5) is 10.5 Å². The van der Waals surface area contributed by atoms with E-state index in [4.69, 9.17) is 5.26 Å². The van der Waals surface area contributed by atoms with Crippen LogP contribution < -0.4 is 5.32 Å². The SMILES string of the molecule is CN(Cc1ncc[nH]1)C(=O)Nc1cccc(C#N)c1. The Morgan fingerprint density at radius 1 is 1.58 bits per heavy atom. The first-order valence-corrected chi connectivity index (χ1v) is 5.69. The van der Waals surface area contributed by atoms with Gasteiger partial charge in [-0.1, -0.05) is 6.07 Å². The van der Waals surface area contributed by atoms with Crippen molar-refractivity contribution < 1.29 is 4.79 Å². The van der Waals surface area contributed by atoms with Crippen LogP contribution in [0.5, 0.6) is 0 Å². The minimum Gasteiger partial charge on any atom is -0.347 e. The van der Waals surface area contributed by atoms with Gasteiger partial charge in [0.05, 0.1) is 18.2 Å². The number of carbonyl (C=O) groups excluding carboxylic acids is 1. The van der Waals surface area contributed by atoms with Crippen molar-refractivity contribution in [2.24, 2.45) is 0 Å². The zero-order valence-electron chi connectivity index (χ0n) is 10.4. The molecule has 0 unspecified atom stereocenters. The molecule has 2 rings (SSSR count). The van der Waals surface area contributed by atoms with Crippen molar-refractivity contribution >= 4 is 11.7 Å². The van der Waals surface area contributed by atoms with Crippen LogP contribution in [0.2, 0.25) is 0 Å². The van der Waals surface area contributed by atoms with Crippen molar-refractivity contribution in [1.82, 2.24) is 14.9 Å². The van der Waals surface area contributed by atoms with E-state index in [1.807, 2.05) is 6.07 Å². The number of hydrogen-bond donors (Lipinski definition) is 2. The van der Waals surface area contributed by atoms with Gasteiger partial charge in [-0.15, -0.1) is 0 Å². The summed E-state index contributed by atoms with van der Waals surface area (Å²) in [4.78, 5) is 20.4. The fourth-order valence-electron chi connectivity index (χ4n) is 1.57. The van der Waals surface area contributed by atoms with Crippen LogP contribution in [-0.4, -0.2) is 27.9 Å². The number of nitrogens with one attached hydrogen (secondary N) is 2. The normalized spacial score (nSPS) is 9.68. The number of benzene rings is 1. The molecule has 0 fully saturated rings. The summed E-state index contributed by atoms with van der Waals surface area (Å²) in [5.74, 6) is 0.712. The minimum absolute atomic E-state index is 0.258. The number of imidazole rings is 1. The van der Waals surface area contributed by atoms with Crippen molar-refractivity contribution in [2.45, 2.75) is 6.54 Å². The number of rotatable bonds is 3. The molecule has 0 saturated heterocycles. The van der Waals surface area contributed by atoms with Crippen molar-refractivity contribution in [3.8, 4) is 6.07 Å². The minimum atomic E-state index is -0.258. The molecule has 1 aromatic heterocycles. The molecule has 0 saturated carbocycles. The van der Waals surface area contributed by atoms with E-state index in [0.29, 0.717) is 23.6 Å². The highest BCUT2D eigenvalue weighted by Crippen LogP contribution is 2.10. The monoisotopic (exact) mass is 255 g/mol. The summed E-state index contributed by atoms with van der Waals surface area (Å²) in [6, 6.07) is 8.53. The van der Waals surface area contributed by atoms with Crippen LogP contribution in [0.3, 0.4) is 0 Å². The van der Waals surface area contributed by atoms with Gasteiger partial charge in [0.1, 0.15) is 5.82 Å². The van der Waals surface area contributed by atoms with Crippen LogP contribution in [-0.2, 0) is 6.54 Å². The maximum absolute atomic E-state index is 11.9. The number of nitrogens with zero attached hydrogens (tertiary/aromatic N) is 3. The average Bonchev–Trinajstić information content (AvgIpc) is 2.91. The Kier molecular flexibility index (Phi) is 3.78. The van der Waals surface area contributed by atoms with Crippen LogP contribution in [0.25, 0.3) is 0 Å². The quantitative estimate of drug-likeness (QED) is 0.879. The number of H-pyrrole nitrogens is 1. The predicted molar refractivity (Wildman–Crippen MR) is 70.2 cm³/mol. The van der Waals surface area contributed by atoms with Gasteiger partial charge in [0.15, 0.2) is 0 Å². The Hall–Kier alpha value is -2.81. The number of anilines is 1. The Morgan fingerprint density at radius 2 is 2.42 bits per heavy atom. The highest BCUT2D eigenvalue weighted by atomic mass is 16.2. The molecule has 0 aliphatic heterocycles. The summed E-state index contributed by atoms with van der Waals surface area (Å²) < 4.78 is 0. The molecule has 0 radical (unpaired) electrons. The molecule has 1 heterocycles. The molecule has 1 aromatic carbocycles. The highest BCUT2D eigenvalue weighted by Gasteiger charge is 2.10. The molecule has 0 aliphatic carbocycles.